The molecule has 0 saturated carbocycles. The van der Waals surface area contributed by atoms with Gasteiger partial charge in [0.15, 0.2) is 0 Å². The van der Waals surface area contributed by atoms with E-state index in [9.17, 15) is 9.59 Å². The van der Waals surface area contributed by atoms with Crippen LogP contribution in [0.1, 0.15) is 6.42 Å². The van der Waals surface area contributed by atoms with Crippen LogP contribution in [0, 0.1) is 0 Å². The maximum Gasteiger partial charge on any atom is 0.307 e. The lowest BCUT2D eigenvalue weighted by atomic mass is 10.3. The third-order valence-electron chi connectivity index (χ3n) is 1.61. The zero-order chi connectivity index (χ0) is 10.4. The van der Waals surface area contributed by atoms with E-state index in [-0.39, 0.29) is 18.3 Å². The summed E-state index contributed by atoms with van der Waals surface area (Å²) >= 11 is 0. The van der Waals surface area contributed by atoms with E-state index in [1.807, 2.05) is 5.41 Å². The van der Waals surface area contributed by atoms with Gasteiger partial charge in [0.1, 0.15) is 0 Å². The predicted molar refractivity (Wildman–Crippen MR) is 57.8 cm³/mol. The highest BCUT2D eigenvalue weighted by molar-refractivity contribution is 8.78. The minimum Gasteiger partial charge on any atom is -0.469 e. The number of hydrogen-bond donors (Lipinski definition) is 1. The van der Waals surface area contributed by atoms with Crippen LogP contribution in [0.3, 0.4) is 0 Å². The van der Waals surface area contributed by atoms with E-state index in [1.54, 1.807) is 21.6 Å². The molecule has 6 heteroatoms. The van der Waals surface area contributed by atoms with Gasteiger partial charge in [0.2, 0.25) is 5.91 Å². The molecule has 1 aliphatic rings. The van der Waals surface area contributed by atoms with Gasteiger partial charge in [0.05, 0.1) is 13.5 Å². The summed E-state index contributed by atoms with van der Waals surface area (Å²) < 4.78 is 4.44. The van der Waals surface area contributed by atoms with Crippen molar-refractivity contribution in [3.8, 4) is 0 Å². The van der Waals surface area contributed by atoms with Crippen LogP contribution in [0.25, 0.3) is 0 Å². The van der Waals surface area contributed by atoms with E-state index in [4.69, 9.17) is 0 Å². The van der Waals surface area contributed by atoms with Gasteiger partial charge in [-0.25, -0.2) is 0 Å². The van der Waals surface area contributed by atoms with Crippen LogP contribution in [-0.2, 0) is 14.3 Å². The van der Waals surface area contributed by atoms with Crippen LogP contribution in [0.15, 0.2) is 11.0 Å². The van der Waals surface area contributed by atoms with Crippen molar-refractivity contribution in [1.29, 1.82) is 0 Å². The molecule has 0 atom stereocenters. The summed E-state index contributed by atoms with van der Waals surface area (Å²) in [5.41, 5.74) is 0.768. The normalized spacial score (nSPS) is 14.8. The second-order valence-corrected chi connectivity index (χ2v) is 4.82. The van der Waals surface area contributed by atoms with Gasteiger partial charge in [-0.3, -0.25) is 9.59 Å². The van der Waals surface area contributed by atoms with Crippen molar-refractivity contribution in [2.75, 3.05) is 19.4 Å². The van der Waals surface area contributed by atoms with Crippen LogP contribution < -0.4 is 5.32 Å². The third kappa shape index (κ3) is 3.63. The van der Waals surface area contributed by atoms with Crippen molar-refractivity contribution in [3.63, 3.8) is 0 Å². The molecule has 1 N–H and O–H groups in total. The Morgan fingerprint density at radius 1 is 1.64 bits per heavy atom. The van der Waals surface area contributed by atoms with E-state index in [0.29, 0.717) is 6.54 Å². The quantitative estimate of drug-likeness (QED) is 0.578. The van der Waals surface area contributed by atoms with Gasteiger partial charge < -0.3 is 10.1 Å². The topological polar surface area (TPSA) is 55.4 Å². The number of carbonyl (C=O) groups excluding carboxylic acids is 2. The number of esters is 1. The van der Waals surface area contributed by atoms with Gasteiger partial charge in [-0.15, -0.1) is 0 Å². The van der Waals surface area contributed by atoms with Crippen LogP contribution in [0.5, 0.6) is 0 Å². The molecule has 78 valence electrons. The van der Waals surface area contributed by atoms with E-state index in [1.165, 1.54) is 7.11 Å². The Kier molecular flexibility index (Phi) is 4.89. The molecule has 1 rings (SSSR count). The number of nitrogens with one attached hydrogen (secondary N) is 1. The van der Waals surface area contributed by atoms with Gasteiger partial charge in [0, 0.05) is 17.9 Å². The molecule has 0 aliphatic carbocycles. The highest BCUT2D eigenvalue weighted by Gasteiger charge is 2.14. The average Bonchev–Trinajstić information content (AvgIpc) is 2.70. The van der Waals surface area contributed by atoms with Crippen LogP contribution >= 0.6 is 21.6 Å². The fraction of sp³-hybridized carbons (Fsp3) is 0.500. The second-order valence-electron chi connectivity index (χ2n) is 2.58. The summed E-state index contributed by atoms with van der Waals surface area (Å²) in [5, 5.41) is 4.49. The zero-order valence-electron chi connectivity index (χ0n) is 7.74. The molecular formula is C8H11NO3S2. The fourth-order valence-corrected chi connectivity index (χ4v) is 2.86. The molecule has 0 saturated heterocycles. The van der Waals surface area contributed by atoms with Crippen molar-refractivity contribution < 1.29 is 14.3 Å². The Balaban J connectivity index is 2.18. The molecular weight excluding hydrogens is 222 g/mol. The van der Waals surface area contributed by atoms with Crippen LogP contribution in [0.4, 0.5) is 0 Å². The van der Waals surface area contributed by atoms with Gasteiger partial charge in [-0.1, -0.05) is 21.6 Å². The summed E-state index contributed by atoms with van der Waals surface area (Å²) in [6.07, 6.45) is 0.218. The minimum absolute atomic E-state index is 0.0913. The summed E-state index contributed by atoms with van der Waals surface area (Å²) in [6, 6.07) is 0. The van der Waals surface area contributed by atoms with Crippen molar-refractivity contribution >= 4 is 33.5 Å². The third-order valence-corrected chi connectivity index (χ3v) is 3.60. The molecule has 0 spiro atoms. The maximum atomic E-state index is 11.4. The number of rotatable bonds is 4. The molecule has 0 fully saturated rings. The average molecular weight is 233 g/mol. The number of hydrogen-bond acceptors (Lipinski definition) is 5. The minimum atomic E-state index is -0.311. The highest BCUT2D eigenvalue weighted by atomic mass is 33.1. The van der Waals surface area contributed by atoms with Crippen molar-refractivity contribution in [1.82, 2.24) is 5.32 Å². The largest absolute Gasteiger partial charge is 0.469 e. The summed E-state index contributed by atoms with van der Waals surface area (Å²) in [6.45, 7) is 0.332. The first kappa shape index (κ1) is 11.5. The first-order valence-electron chi connectivity index (χ1n) is 4.06. The summed E-state index contributed by atoms with van der Waals surface area (Å²) in [7, 11) is 4.51. The molecule has 14 heavy (non-hydrogen) atoms. The van der Waals surface area contributed by atoms with Crippen LogP contribution in [0.2, 0.25) is 0 Å². The van der Waals surface area contributed by atoms with Gasteiger partial charge >= 0.3 is 5.97 Å². The number of carbonyl (C=O) groups is 2. The molecule has 0 unspecified atom stereocenters. The van der Waals surface area contributed by atoms with Crippen molar-refractivity contribution in [2.24, 2.45) is 0 Å². The number of methoxy groups -OCH3 is 1. The Bertz CT molecular complexity index is 265. The summed E-state index contributed by atoms with van der Waals surface area (Å²) in [5.74, 6) is 0.329. The smallest absolute Gasteiger partial charge is 0.307 e. The molecule has 0 bridgehead atoms. The number of ether oxygens (including phenoxy) is 1. The molecule has 0 aromatic heterocycles. The molecule has 1 amide bonds. The first-order chi connectivity index (χ1) is 6.74. The summed E-state index contributed by atoms with van der Waals surface area (Å²) in [4.78, 5) is 22.1. The number of amides is 1. The lowest BCUT2D eigenvalue weighted by Crippen LogP contribution is -2.27. The van der Waals surface area contributed by atoms with E-state index >= 15 is 0 Å². The maximum absolute atomic E-state index is 11.4. The Morgan fingerprint density at radius 3 is 3.00 bits per heavy atom. The van der Waals surface area contributed by atoms with E-state index < -0.39 is 0 Å². The Morgan fingerprint density at radius 2 is 2.43 bits per heavy atom. The lowest BCUT2D eigenvalue weighted by molar-refractivity contribution is -0.140. The fourth-order valence-electron chi connectivity index (χ4n) is 0.836. The van der Waals surface area contributed by atoms with Crippen molar-refractivity contribution in [2.45, 2.75) is 6.42 Å². The molecule has 1 aliphatic heterocycles. The van der Waals surface area contributed by atoms with Crippen LogP contribution in [-0.4, -0.2) is 31.3 Å². The zero-order valence-corrected chi connectivity index (χ0v) is 9.37. The molecule has 0 aromatic carbocycles. The molecule has 0 aromatic rings. The van der Waals surface area contributed by atoms with Gasteiger partial charge in [0.25, 0.3) is 0 Å². The Labute approximate surface area is 90.2 Å². The molecule has 0 radical (unpaired) electrons. The second kappa shape index (κ2) is 5.98. The van der Waals surface area contributed by atoms with Crippen molar-refractivity contribution in [3.05, 3.63) is 11.0 Å². The Hall–Kier alpha value is -0.620. The SMILES string of the molecule is COC(=O)CCNC(=O)C1=CSSC1. The monoisotopic (exact) mass is 233 g/mol. The van der Waals surface area contributed by atoms with E-state index in [2.05, 4.69) is 10.1 Å². The van der Waals surface area contributed by atoms with Gasteiger partial charge in [-0.2, -0.15) is 0 Å². The molecule has 4 nitrogen and oxygen atoms in total. The van der Waals surface area contributed by atoms with E-state index in [0.717, 1.165) is 11.3 Å². The first-order valence-corrected chi connectivity index (χ1v) is 6.44. The highest BCUT2D eigenvalue weighted by Crippen LogP contribution is 2.33. The predicted octanol–water partition coefficient (Wildman–Crippen LogP) is 0.945. The standard InChI is InChI=1S/C8H11NO3S2/c1-12-7(10)2-3-9-8(11)6-4-13-14-5-6/h4H,2-3,5H2,1H3,(H,9,11). The lowest BCUT2D eigenvalue weighted by Gasteiger charge is -2.03. The van der Waals surface area contributed by atoms with Gasteiger partial charge in [-0.05, 0) is 5.41 Å². The molecule has 1 heterocycles.